The lowest BCUT2D eigenvalue weighted by Crippen LogP contribution is -2.52. The Bertz CT molecular complexity index is 524. The van der Waals surface area contributed by atoms with Crippen LogP contribution >= 0.6 is 0 Å². The zero-order valence-corrected chi connectivity index (χ0v) is 11.2. The molecule has 1 aromatic carbocycles. The van der Waals surface area contributed by atoms with Crippen molar-refractivity contribution in [1.29, 1.82) is 0 Å². The van der Waals surface area contributed by atoms with Crippen LogP contribution < -0.4 is 4.74 Å². The van der Waals surface area contributed by atoms with Crippen LogP contribution in [0, 0.1) is 0 Å². The summed E-state index contributed by atoms with van der Waals surface area (Å²) in [5.74, 6) is -1.00. The lowest BCUT2D eigenvalue weighted by molar-refractivity contribution is -0.156. The first kappa shape index (κ1) is 13.4. The second-order valence-electron chi connectivity index (χ2n) is 5.16. The van der Waals surface area contributed by atoms with Gasteiger partial charge in [-0.25, -0.2) is 4.79 Å². The van der Waals surface area contributed by atoms with Gasteiger partial charge in [0, 0.05) is 12.6 Å². The Morgan fingerprint density at radius 3 is 2.63 bits per heavy atom. The minimum Gasteiger partial charge on any atom is -0.492 e. The Morgan fingerprint density at radius 2 is 2.00 bits per heavy atom. The molecule has 102 valence electrons. The van der Waals surface area contributed by atoms with Crippen molar-refractivity contribution in [3.05, 3.63) is 29.8 Å². The number of hydrogen-bond acceptors (Lipinski definition) is 3. The van der Waals surface area contributed by atoms with Gasteiger partial charge in [-0.05, 0) is 19.9 Å². The summed E-state index contributed by atoms with van der Waals surface area (Å²) >= 11 is 0. The van der Waals surface area contributed by atoms with E-state index < -0.39 is 17.4 Å². The predicted molar refractivity (Wildman–Crippen MR) is 69.2 cm³/mol. The van der Waals surface area contributed by atoms with Gasteiger partial charge >= 0.3 is 5.97 Å². The lowest BCUT2D eigenvalue weighted by Gasteiger charge is -2.33. The number of amides is 1. The van der Waals surface area contributed by atoms with Gasteiger partial charge in [0.05, 0.1) is 0 Å². The van der Waals surface area contributed by atoms with Crippen LogP contribution in [0.5, 0.6) is 5.75 Å². The van der Waals surface area contributed by atoms with Gasteiger partial charge in [-0.3, -0.25) is 4.79 Å². The topological polar surface area (TPSA) is 66.8 Å². The molecule has 0 spiro atoms. The molecule has 1 amide bonds. The van der Waals surface area contributed by atoms with Crippen LogP contribution in [-0.2, 0) is 9.59 Å². The number of nitrogens with zero attached hydrogens (tertiary/aromatic N) is 1. The van der Waals surface area contributed by atoms with E-state index in [2.05, 4.69) is 0 Å². The fraction of sp³-hybridized carbons (Fsp3) is 0.429. The number of carboxylic acid groups (broad SMARTS) is 1. The molecular formula is C14H17NO4. The summed E-state index contributed by atoms with van der Waals surface area (Å²) in [6.07, 6.45) is 0. The molecule has 1 N–H and O–H groups in total. The molecule has 0 fully saturated rings. The first-order valence-corrected chi connectivity index (χ1v) is 6.08. The highest BCUT2D eigenvalue weighted by atomic mass is 16.5. The average molecular weight is 263 g/mol. The molecule has 1 aliphatic rings. The molecule has 0 aromatic heterocycles. The molecule has 0 aliphatic carbocycles. The standard InChI is InChI=1S/C14H17NO4/c1-14(2,13(17)18)15(3)12(16)10-8-19-11-7-5-4-6-9(10)11/h4-7,10H,8H2,1-3H3,(H,17,18). The zero-order valence-electron chi connectivity index (χ0n) is 11.2. The van der Waals surface area contributed by atoms with Gasteiger partial charge in [0.15, 0.2) is 0 Å². The van der Waals surface area contributed by atoms with Gasteiger partial charge in [0.1, 0.15) is 23.8 Å². The fourth-order valence-corrected chi connectivity index (χ4v) is 2.02. The molecule has 0 radical (unpaired) electrons. The number of rotatable bonds is 3. The van der Waals surface area contributed by atoms with Crippen LogP contribution in [0.25, 0.3) is 0 Å². The smallest absolute Gasteiger partial charge is 0.329 e. The summed E-state index contributed by atoms with van der Waals surface area (Å²) in [7, 11) is 1.51. The molecule has 0 bridgehead atoms. The van der Waals surface area contributed by atoms with Crippen molar-refractivity contribution in [1.82, 2.24) is 4.90 Å². The van der Waals surface area contributed by atoms with Crippen LogP contribution in [0.2, 0.25) is 0 Å². The van der Waals surface area contributed by atoms with Crippen molar-refractivity contribution < 1.29 is 19.4 Å². The van der Waals surface area contributed by atoms with Crippen LogP contribution in [-0.4, -0.2) is 41.1 Å². The largest absolute Gasteiger partial charge is 0.492 e. The van der Waals surface area contributed by atoms with Crippen molar-refractivity contribution in [2.75, 3.05) is 13.7 Å². The second-order valence-corrected chi connectivity index (χ2v) is 5.16. The highest BCUT2D eigenvalue weighted by molar-refractivity contribution is 5.90. The summed E-state index contributed by atoms with van der Waals surface area (Å²) in [6.45, 7) is 3.28. The summed E-state index contributed by atoms with van der Waals surface area (Å²) in [5, 5.41) is 9.17. The zero-order chi connectivity index (χ0) is 14.2. The maximum absolute atomic E-state index is 12.4. The van der Waals surface area contributed by atoms with E-state index >= 15 is 0 Å². The predicted octanol–water partition coefficient (Wildman–Crippen LogP) is 1.48. The van der Waals surface area contributed by atoms with E-state index in [4.69, 9.17) is 4.74 Å². The molecule has 1 heterocycles. The van der Waals surface area contributed by atoms with Gasteiger partial charge in [-0.1, -0.05) is 18.2 Å². The Morgan fingerprint density at radius 1 is 1.37 bits per heavy atom. The Labute approximate surface area is 111 Å². The summed E-state index contributed by atoms with van der Waals surface area (Å²) in [5.41, 5.74) is -0.422. The number of carbonyl (C=O) groups is 2. The maximum Gasteiger partial charge on any atom is 0.329 e. The number of carboxylic acids is 1. The monoisotopic (exact) mass is 263 g/mol. The molecule has 0 saturated heterocycles. The summed E-state index contributed by atoms with van der Waals surface area (Å²) in [4.78, 5) is 24.9. The molecule has 1 unspecified atom stereocenters. The Balaban J connectivity index is 2.25. The molecule has 19 heavy (non-hydrogen) atoms. The molecule has 0 saturated carbocycles. The first-order valence-electron chi connectivity index (χ1n) is 6.08. The quantitative estimate of drug-likeness (QED) is 0.897. The first-order chi connectivity index (χ1) is 8.85. The molecule has 1 aliphatic heterocycles. The third kappa shape index (κ3) is 2.16. The molecule has 1 atom stereocenters. The number of aliphatic carboxylic acids is 1. The van der Waals surface area contributed by atoms with E-state index in [9.17, 15) is 14.7 Å². The van der Waals surface area contributed by atoms with Gasteiger partial charge in [-0.15, -0.1) is 0 Å². The van der Waals surface area contributed by atoms with Crippen LogP contribution in [0.3, 0.4) is 0 Å². The molecule has 2 rings (SSSR count). The van der Waals surface area contributed by atoms with Gasteiger partial charge < -0.3 is 14.7 Å². The van der Waals surface area contributed by atoms with Crippen molar-refractivity contribution in [3.63, 3.8) is 0 Å². The molecule has 5 heteroatoms. The van der Waals surface area contributed by atoms with E-state index in [-0.39, 0.29) is 12.5 Å². The highest BCUT2D eigenvalue weighted by Gasteiger charge is 2.40. The third-order valence-electron chi connectivity index (χ3n) is 3.69. The average Bonchev–Trinajstić information content (AvgIpc) is 2.80. The van der Waals surface area contributed by atoms with Gasteiger partial charge in [-0.2, -0.15) is 0 Å². The van der Waals surface area contributed by atoms with Crippen molar-refractivity contribution in [2.24, 2.45) is 0 Å². The molecule has 5 nitrogen and oxygen atoms in total. The van der Waals surface area contributed by atoms with E-state index in [1.54, 1.807) is 0 Å². The molecule has 1 aromatic rings. The minimum absolute atomic E-state index is 0.239. The SMILES string of the molecule is CN(C(=O)C1COc2ccccc21)C(C)(C)C(=O)O. The van der Waals surface area contributed by atoms with Crippen molar-refractivity contribution >= 4 is 11.9 Å². The summed E-state index contributed by atoms with van der Waals surface area (Å²) < 4.78 is 5.46. The van der Waals surface area contributed by atoms with Crippen LogP contribution in [0.4, 0.5) is 0 Å². The number of hydrogen-bond donors (Lipinski definition) is 1. The van der Waals surface area contributed by atoms with Crippen molar-refractivity contribution in [2.45, 2.75) is 25.3 Å². The van der Waals surface area contributed by atoms with Gasteiger partial charge in [0.25, 0.3) is 0 Å². The van der Waals surface area contributed by atoms with Crippen LogP contribution in [0.1, 0.15) is 25.3 Å². The van der Waals surface area contributed by atoms with Crippen LogP contribution in [0.15, 0.2) is 24.3 Å². The summed E-state index contributed by atoms with van der Waals surface area (Å²) in [6, 6.07) is 7.34. The number of carbonyl (C=O) groups excluding carboxylic acids is 1. The fourth-order valence-electron chi connectivity index (χ4n) is 2.02. The number of para-hydroxylation sites is 1. The van der Waals surface area contributed by atoms with E-state index in [1.165, 1.54) is 25.8 Å². The van der Waals surface area contributed by atoms with E-state index in [0.29, 0.717) is 5.75 Å². The van der Waals surface area contributed by atoms with E-state index in [1.807, 2.05) is 24.3 Å². The second kappa shape index (κ2) is 4.57. The molecular weight excluding hydrogens is 246 g/mol. The number of benzene rings is 1. The van der Waals surface area contributed by atoms with Crippen molar-refractivity contribution in [3.8, 4) is 5.75 Å². The normalized spacial score (nSPS) is 17.5. The highest BCUT2D eigenvalue weighted by Crippen LogP contribution is 2.35. The number of likely N-dealkylation sites (N-methyl/N-ethyl adjacent to an activating group) is 1. The number of ether oxygens (including phenoxy) is 1. The minimum atomic E-state index is -1.24. The Kier molecular flexibility index (Phi) is 3.22. The third-order valence-corrected chi connectivity index (χ3v) is 3.69. The maximum atomic E-state index is 12.4. The Hall–Kier alpha value is -2.04. The lowest BCUT2D eigenvalue weighted by atomic mass is 9.96. The number of fused-ring (bicyclic) bond motifs is 1. The van der Waals surface area contributed by atoms with Gasteiger partial charge in [0.2, 0.25) is 5.91 Å². The van der Waals surface area contributed by atoms with E-state index in [0.717, 1.165) is 5.56 Å².